The van der Waals surface area contributed by atoms with Gasteiger partial charge in [-0.15, -0.1) is 0 Å². The fourth-order valence-corrected chi connectivity index (χ4v) is 1.79. The van der Waals surface area contributed by atoms with E-state index in [2.05, 4.69) is 5.32 Å². The molecule has 0 bridgehead atoms. The molecule has 4 nitrogen and oxygen atoms in total. The van der Waals surface area contributed by atoms with E-state index in [9.17, 15) is 4.79 Å². The molecule has 0 spiro atoms. The summed E-state index contributed by atoms with van der Waals surface area (Å²) in [6.07, 6.45) is 0.169. The lowest BCUT2D eigenvalue weighted by molar-refractivity contribution is -0.128. The van der Waals surface area contributed by atoms with Crippen LogP contribution in [0.15, 0.2) is 24.3 Å². The Labute approximate surface area is 115 Å². The third kappa shape index (κ3) is 5.20. The van der Waals surface area contributed by atoms with Gasteiger partial charge in [0.25, 0.3) is 0 Å². The van der Waals surface area contributed by atoms with Crippen LogP contribution in [0.5, 0.6) is 5.75 Å². The lowest BCUT2D eigenvalue weighted by atomic mass is 10.3. The smallest absolute Gasteiger partial charge is 0.241 e. The normalized spacial score (nSPS) is 10.4. The Morgan fingerprint density at radius 3 is 2.26 bits per heavy atom. The summed E-state index contributed by atoms with van der Waals surface area (Å²) >= 11 is 0. The van der Waals surface area contributed by atoms with E-state index < -0.39 is 0 Å². The summed E-state index contributed by atoms with van der Waals surface area (Å²) in [4.78, 5) is 13.6. The van der Waals surface area contributed by atoms with Crippen LogP contribution in [0.1, 0.15) is 27.7 Å². The highest BCUT2D eigenvalue weighted by atomic mass is 16.5. The molecule has 0 radical (unpaired) electrons. The molecular weight excluding hydrogens is 240 g/mol. The van der Waals surface area contributed by atoms with Gasteiger partial charge in [0.15, 0.2) is 0 Å². The number of carbonyl (C=O) groups excluding carboxylic acids is 1. The molecule has 0 unspecified atom stereocenters. The molecule has 1 aromatic carbocycles. The van der Waals surface area contributed by atoms with Crippen molar-refractivity contribution >= 4 is 11.6 Å². The third-order valence-corrected chi connectivity index (χ3v) is 2.79. The molecule has 0 heterocycles. The molecule has 0 atom stereocenters. The van der Waals surface area contributed by atoms with Gasteiger partial charge in [0, 0.05) is 18.8 Å². The quantitative estimate of drug-likeness (QED) is 0.823. The summed E-state index contributed by atoms with van der Waals surface area (Å²) in [7, 11) is 0. The summed E-state index contributed by atoms with van der Waals surface area (Å²) in [5, 5.41) is 3.13. The Hall–Kier alpha value is -1.71. The van der Waals surface area contributed by atoms with Gasteiger partial charge >= 0.3 is 0 Å². The minimum atomic E-state index is 0.118. The maximum atomic E-state index is 11.8. The molecule has 106 valence electrons. The average Bonchev–Trinajstić information content (AvgIpc) is 2.38. The van der Waals surface area contributed by atoms with Crippen LogP contribution in [0.25, 0.3) is 0 Å². The molecule has 0 saturated heterocycles. The lowest BCUT2D eigenvalue weighted by Crippen LogP contribution is -2.35. The summed E-state index contributed by atoms with van der Waals surface area (Å²) in [5.74, 6) is 0.961. The van der Waals surface area contributed by atoms with E-state index in [1.807, 2.05) is 56.9 Å². The van der Waals surface area contributed by atoms with Crippen LogP contribution < -0.4 is 10.1 Å². The SMILES string of the molecule is CCN(CC)C(=O)CNc1ccc(OC(C)C)cc1. The maximum Gasteiger partial charge on any atom is 0.241 e. The maximum absolute atomic E-state index is 11.8. The van der Waals surface area contributed by atoms with Crippen LogP contribution in [-0.2, 0) is 4.79 Å². The predicted molar refractivity (Wildman–Crippen MR) is 78.6 cm³/mol. The summed E-state index contributed by atoms with van der Waals surface area (Å²) in [6, 6.07) is 7.66. The van der Waals surface area contributed by atoms with E-state index >= 15 is 0 Å². The van der Waals surface area contributed by atoms with E-state index in [0.717, 1.165) is 24.5 Å². The largest absolute Gasteiger partial charge is 0.491 e. The molecule has 0 aliphatic heterocycles. The fourth-order valence-electron chi connectivity index (χ4n) is 1.79. The molecule has 1 rings (SSSR count). The molecular formula is C15H24N2O2. The van der Waals surface area contributed by atoms with Crippen molar-refractivity contribution in [3.05, 3.63) is 24.3 Å². The second-order valence-corrected chi connectivity index (χ2v) is 4.61. The molecule has 1 aromatic rings. The first-order valence-electron chi connectivity index (χ1n) is 6.85. The van der Waals surface area contributed by atoms with Crippen LogP contribution in [0, 0.1) is 0 Å². The molecule has 1 N–H and O–H groups in total. The fraction of sp³-hybridized carbons (Fsp3) is 0.533. The van der Waals surface area contributed by atoms with E-state index in [0.29, 0.717) is 6.54 Å². The van der Waals surface area contributed by atoms with Gasteiger partial charge in [-0.1, -0.05) is 0 Å². The van der Waals surface area contributed by atoms with Crippen molar-refractivity contribution in [2.24, 2.45) is 0 Å². The molecule has 0 aliphatic carbocycles. The number of anilines is 1. The zero-order chi connectivity index (χ0) is 14.3. The Bertz CT molecular complexity index is 384. The number of nitrogens with zero attached hydrogens (tertiary/aromatic N) is 1. The van der Waals surface area contributed by atoms with E-state index in [1.165, 1.54) is 0 Å². The third-order valence-electron chi connectivity index (χ3n) is 2.79. The monoisotopic (exact) mass is 264 g/mol. The van der Waals surface area contributed by atoms with E-state index in [-0.39, 0.29) is 12.0 Å². The second kappa shape index (κ2) is 7.67. The second-order valence-electron chi connectivity index (χ2n) is 4.61. The van der Waals surface area contributed by atoms with Gasteiger partial charge in [0.2, 0.25) is 5.91 Å². The van der Waals surface area contributed by atoms with Gasteiger partial charge < -0.3 is 15.0 Å². The van der Waals surface area contributed by atoms with Gasteiger partial charge in [0.05, 0.1) is 12.6 Å². The number of hydrogen-bond donors (Lipinski definition) is 1. The number of likely N-dealkylation sites (N-methyl/N-ethyl adjacent to an activating group) is 1. The van der Waals surface area contributed by atoms with Crippen LogP contribution in [0.2, 0.25) is 0 Å². The van der Waals surface area contributed by atoms with Crippen molar-refractivity contribution in [2.75, 3.05) is 25.0 Å². The van der Waals surface area contributed by atoms with Crippen molar-refractivity contribution < 1.29 is 9.53 Å². The van der Waals surface area contributed by atoms with Gasteiger partial charge in [0.1, 0.15) is 5.75 Å². The van der Waals surface area contributed by atoms with Crippen molar-refractivity contribution in [1.29, 1.82) is 0 Å². The molecule has 0 aliphatic rings. The highest BCUT2D eigenvalue weighted by Crippen LogP contribution is 2.16. The van der Waals surface area contributed by atoms with Crippen molar-refractivity contribution in [2.45, 2.75) is 33.8 Å². The van der Waals surface area contributed by atoms with E-state index in [1.54, 1.807) is 0 Å². The van der Waals surface area contributed by atoms with Crippen molar-refractivity contribution in [3.63, 3.8) is 0 Å². The minimum Gasteiger partial charge on any atom is -0.491 e. The number of nitrogens with one attached hydrogen (secondary N) is 1. The number of hydrogen-bond acceptors (Lipinski definition) is 3. The standard InChI is InChI=1S/C15H24N2O2/c1-5-17(6-2)15(18)11-16-13-7-9-14(10-8-13)19-12(3)4/h7-10,12,16H,5-6,11H2,1-4H3. The number of amides is 1. The first kappa shape index (κ1) is 15.3. The molecule has 4 heteroatoms. The topological polar surface area (TPSA) is 41.6 Å². The summed E-state index contributed by atoms with van der Waals surface area (Å²) in [6.45, 7) is 9.78. The Balaban J connectivity index is 2.47. The molecule has 0 saturated carbocycles. The molecule has 1 amide bonds. The van der Waals surface area contributed by atoms with Gasteiger partial charge in [-0.25, -0.2) is 0 Å². The summed E-state index contributed by atoms with van der Waals surface area (Å²) in [5.41, 5.74) is 0.927. The van der Waals surface area contributed by atoms with E-state index in [4.69, 9.17) is 4.74 Å². The summed E-state index contributed by atoms with van der Waals surface area (Å²) < 4.78 is 5.56. The number of carbonyl (C=O) groups is 1. The zero-order valence-electron chi connectivity index (χ0n) is 12.3. The molecule has 19 heavy (non-hydrogen) atoms. The zero-order valence-corrected chi connectivity index (χ0v) is 12.3. The van der Waals surface area contributed by atoms with Crippen molar-refractivity contribution in [1.82, 2.24) is 4.90 Å². The molecule has 0 aromatic heterocycles. The number of benzene rings is 1. The van der Waals surface area contributed by atoms with Gasteiger partial charge in [-0.3, -0.25) is 4.79 Å². The van der Waals surface area contributed by atoms with Crippen LogP contribution in [0.4, 0.5) is 5.69 Å². The van der Waals surface area contributed by atoms with Crippen LogP contribution in [-0.4, -0.2) is 36.5 Å². The highest BCUT2D eigenvalue weighted by molar-refractivity contribution is 5.80. The first-order valence-corrected chi connectivity index (χ1v) is 6.85. The predicted octanol–water partition coefficient (Wildman–Crippen LogP) is 2.75. The average molecular weight is 264 g/mol. The van der Waals surface area contributed by atoms with Gasteiger partial charge in [-0.05, 0) is 52.0 Å². The van der Waals surface area contributed by atoms with Crippen molar-refractivity contribution in [3.8, 4) is 5.75 Å². The van der Waals surface area contributed by atoms with Gasteiger partial charge in [-0.2, -0.15) is 0 Å². The van der Waals surface area contributed by atoms with Crippen LogP contribution >= 0.6 is 0 Å². The van der Waals surface area contributed by atoms with Crippen LogP contribution in [0.3, 0.4) is 0 Å². The lowest BCUT2D eigenvalue weighted by Gasteiger charge is -2.19. The Morgan fingerprint density at radius 1 is 1.21 bits per heavy atom. The highest BCUT2D eigenvalue weighted by Gasteiger charge is 2.08. The number of ether oxygens (including phenoxy) is 1. The molecule has 0 fully saturated rings. The Kier molecular flexibility index (Phi) is 6.19. The number of rotatable bonds is 7. The minimum absolute atomic E-state index is 0.118. The first-order chi connectivity index (χ1) is 9.06. The Morgan fingerprint density at radius 2 is 1.79 bits per heavy atom.